The number of benzene rings is 1. The van der Waals surface area contributed by atoms with Gasteiger partial charge in [0.15, 0.2) is 0 Å². The Morgan fingerprint density at radius 1 is 1.30 bits per heavy atom. The lowest BCUT2D eigenvalue weighted by Crippen LogP contribution is -2.16. The molecule has 0 spiro atoms. The summed E-state index contributed by atoms with van der Waals surface area (Å²) < 4.78 is 16.6. The number of halogens is 2. The summed E-state index contributed by atoms with van der Waals surface area (Å²) in [7, 11) is 0. The summed E-state index contributed by atoms with van der Waals surface area (Å²) in [6.45, 7) is 0.328. The van der Waals surface area contributed by atoms with Gasteiger partial charge in [-0.25, -0.2) is 14.1 Å². The summed E-state index contributed by atoms with van der Waals surface area (Å²) in [5.74, 6) is -0.959. The molecule has 0 aliphatic heterocycles. The van der Waals surface area contributed by atoms with E-state index in [-0.39, 0.29) is 47.5 Å². The highest BCUT2D eigenvalue weighted by atomic mass is 79.9. The van der Waals surface area contributed by atoms with Crippen molar-refractivity contribution in [2.75, 3.05) is 5.32 Å². The second-order valence-electron chi connectivity index (χ2n) is 5.48. The molecule has 2 aromatic heterocycles. The highest BCUT2D eigenvalue weighted by molar-refractivity contribution is 9.10. The van der Waals surface area contributed by atoms with Gasteiger partial charge in [-0.2, -0.15) is 4.68 Å². The first kappa shape index (κ1) is 18.6. The largest absolute Gasteiger partial charge is 0.404 e. The van der Waals surface area contributed by atoms with Gasteiger partial charge in [0.25, 0.3) is 0 Å². The van der Waals surface area contributed by atoms with E-state index in [2.05, 4.69) is 36.4 Å². The molecule has 0 atom stereocenters. The molecule has 3 aromatic rings. The molecule has 0 saturated heterocycles. The number of aromatic nitrogens is 5. The van der Waals surface area contributed by atoms with E-state index in [1.54, 1.807) is 18.2 Å². The van der Waals surface area contributed by atoms with E-state index in [9.17, 15) is 19.3 Å². The molecule has 0 aliphatic carbocycles. The van der Waals surface area contributed by atoms with Gasteiger partial charge in [-0.15, -0.1) is 5.10 Å². The van der Waals surface area contributed by atoms with E-state index >= 15 is 0 Å². The Kier molecular flexibility index (Phi) is 5.54. The molecule has 1 amide bonds. The van der Waals surface area contributed by atoms with Crippen molar-refractivity contribution in [2.24, 2.45) is 0 Å². The minimum absolute atomic E-state index is 0.0210. The van der Waals surface area contributed by atoms with Crippen molar-refractivity contribution in [2.45, 2.75) is 19.5 Å². The zero-order valence-electron chi connectivity index (χ0n) is 13.7. The molecule has 1 aromatic carbocycles. The summed E-state index contributed by atoms with van der Waals surface area (Å²) >= 11 is 3.04. The molecular weight excluding hydrogens is 425 g/mol. The topological polar surface area (TPSA) is 121 Å². The van der Waals surface area contributed by atoms with Crippen LogP contribution in [0, 0.1) is 15.9 Å². The molecule has 0 bridgehead atoms. The lowest BCUT2D eigenvalue weighted by atomic mass is 10.2. The highest BCUT2D eigenvalue weighted by Gasteiger charge is 2.19. The number of carbonyl (C=O) groups excluding carboxylic acids is 1. The van der Waals surface area contributed by atoms with Crippen LogP contribution in [0.2, 0.25) is 0 Å². The third-order valence-electron chi connectivity index (χ3n) is 3.52. The molecule has 12 heteroatoms. The van der Waals surface area contributed by atoms with E-state index in [1.807, 2.05) is 0 Å². The summed E-state index contributed by atoms with van der Waals surface area (Å²) in [5, 5.41) is 21.1. The Bertz CT molecular complexity index is 987. The standard InChI is InChI=1S/C15H13BrFN7O3/c16-11-8-22(20-14(11)24(26)27)6-5-13(25)19-15-18-9-23(21-15)7-10-3-1-2-4-12(10)17/h1-4,8-9H,5-7H2,(H,19,21,25). The van der Waals surface area contributed by atoms with Crippen LogP contribution in [-0.4, -0.2) is 35.4 Å². The third kappa shape index (κ3) is 4.73. The fraction of sp³-hybridized carbons (Fsp3) is 0.200. The molecule has 0 unspecified atom stereocenters. The number of nitrogens with one attached hydrogen (secondary N) is 1. The number of nitrogens with zero attached hydrogens (tertiary/aromatic N) is 6. The summed E-state index contributed by atoms with van der Waals surface area (Å²) in [6, 6.07) is 6.30. The second-order valence-corrected chi connectivity index (χ2v) is 6.33. The van der Waals surface area contributed by atoms with Gasteiger partial charge in [0.2, 0.25) is 11.9 Å². The fourth-order valence-electron chi connectivity index (χ4n) is 2.26. The van der Waals surface area contributed by atoms with Crippen molar-refractivity contribution in [1.29, 1.82) is 0 Å². The van der Waals surface area contributed by atoms with E-state index < -0.39 is 4.92 Å². The summed E-state index contributed by atoms with van der Waals surface area (Å²) in [6.07, 6.45) is 2.83. The van der Waals surface area contributed by atoms with Crippen molar-refractivity contribution in [3.05, 3.63) is 62.8 Å². The van der Waals surface area contributed by atoms with Crippen LogP contribution in [0.4, 0.5) is 16.2 Å². The maximum atomic E-state index is 13.6. The molecule has 140 valence electrons. The molecule has 0 radical (unpaired) electrons. The van der Waals surface area contributed by atoms with Crippen molar-refractivity contribution in [3.8, 4) is 0 Å². The number of carbonyl (C=O) groups is 1. The molecule has 3 rings (SSSR count). The Morgan fingerprint density at radius 3 is 2.78 bits per heavy atom. The molecule has 0 aliphatic rings. The monoisotopic (exact) mass is 437 g/mol. The van der Waals surface area contributed by atoms with Gasteiger partial charge in [-0.3, -0.25) is 10.1 Å². The van der Waals surface area contributed by atoms with Crippen molar-refractivity contribution >= 4 is 33.6 Å². The van der Waals surface area contributed by atoms with Crippen LogP contribution in [-0.2, 0) is 17.9 Å². The van der Waals surface area contributed by atoms with E-state index in [1.165, 1.54) is 28.0 Å². The summed E-state index contributed by atoms with van der Waals surface area (Å²) in [4.78, 5) is 26.1. The minimum atomic E-state index is -0.618. The SMILES string of the molecule is O=C(CCn1cc(Br)c([N+](=O)[O-])n1)Nc1ncn(Cc2ccccc2F)n1. The molecule has 0 fully saturated rings. The van der Waals surface area contributed by atoms with Crippen LogP contribution in [0.15, 0.2) is 41.3 Å². The quantitative estimate of drug-likeness (QED) is 0.447. The highest BCUT2D eigenvalue weighted by Crippen LogP contribution is 2.22. The van der Waals surface area contributed by atoms with Gasteiger partial charge in [-0.05, 0) is 26.9 Å². The predicted molar refractivity (Wildman–Crippen MR) is 95.4 cm³/mol. The lowest BCUT2D eigenvalue weighted by molar-refractivity contribution is -0.390. The zero-order valence-corrected chi connectivity index (χ0v) is 15.3. The Balaban J connectivity index is 1.54. The van der Waals surface area contributed by atoms with Crippen LogP contribution in [0.25, 0.3) is 0 Å². The first-order valence-electron chi connectivity index (χ1n) is 7.72. The molecule has 1 N–H and O–H groups in total. The van der Waals surface area contributed by atoms with Crippen molar-refractivity contribution < 1.29 is 14.1 Å². The number of hydrogen-bond acceptors (Lipinski definition) is 6. The normalized spacial score (nSPS) is 10.7. The Morgan fingerprint density at radius 2 is 2.07 bits per heavy atom. The number of nitro groups is 1. The zero-order chi connectivity index (χ0) is 19.4. The Hall–Kier alpha value is -3.15. The predicted octanol–water partition coefficient (Wildman–Crippen LogP) is 2.36. The second kappa shape index (κ2) is 8.03. The van der Waals surface area contributed by atoms with Crippen LogP contribution in [0.1, 0.15) is 12.0 Å². The van der Waals surface area contributed by atoms with E-state index in [0.29, 0.717) is 5.56 Å². The number of rotatable bonds is 7. The van der Waals surface area contributed by atoms with Crippen molar-refractivity contribution in [1.82, 2.24) is 24.5 Å². The van der Waals surface area contributed by atoms with Crippen LogP contribution in [0.5, 0.6) is 0 Å². The number of aryl methyl sites for hydroxylation is 1. The van der Waals surface area contributed by atoms with E-state index in [0.717, 1.165) is 0 Å². The summed E-state index contributed by atoms with van der Waals surface area (Å²) in [5.41, 5.74) is 0.450. The first-order chi connectivity index (χ1) is 12.9. The van der Waals surface area contributed by atoms with Crippen LogP contribution >= 0.6 is 15.9 Å². The van der Waals surface area contributed by atoms with E-state index in [4.69, 9.17) is 0 Å². The minimum Gasteiger partial charge on any atom is -0.358 e. The smallest absolute Gasteiger partial charge is 0.358 e. The van der Waals surface area contributed by atoms with Gasteiger partial charge < -0.3 is 10.1 Å². The van der Waals surface area contributed by atoms with Gasteiger partial charge in [0.05, 0.1) is 24.4 Å². The van der Waals surface area contributed by atoms with Gasteiger partial charge >= 0.3 is 5.82 Å². The maximum Gasteiger partial charge on any atom is 0.404 e. The average molecular weight is 438 g/mol. The molecule has 10 nitrogen and oxygen atoms in total. The van der Waals surface area contributed by atoms with Crippen molar-refractivity contribution in [3.63, 3.8) is 0 Å². The Labute approximate surface area is 160 Å². The lowest BCUT2D eigenvalue weighted by Gasteiger charge is -2.02. The van der Waals surface area contributed by atoms with Crippen LogP contribution < -0.4 is 5.32 Å². The van der Waals surface area contributed by atoms with Gasteiger partial charge in [0, 0.05) is 12.0 Å². The molecular formula is C15H13BrFN7O3. The first-order valence-corrected chi connectivity index (χ1v) is 8.51. The maximum absolute atomic E-state index is 13.6. The molecule has 2 heterocycles. The number of amides is 1. The average Bonchev–Trinajstić information content (AvgIpc) is 3.21. The number of anilines is 1. The molecule has 27 heavy (non-hydrogen) atoms. The van der Waals surface area contributed by atoms with Gasteiger partial charge in [0.1, 0.15) is 16.6 Å². The number of hydrogen-bond donors (Lipinski definition) is 1. The fourth-order valence-corrected chi connectivity index (χ4v) is 2.72. The molecule has 0 saturated carbocycles. The van der Waals surface area contributed by atoms with Crippen LogP contribution in [0.3, 0.4) is 0 Å². The third-order valence-corrected chi connectivity index (χ3v) is 4.08. The van der Waals surface area contributed by atoms with Gasteiger partial charge in [-0.1, -0.05) is 18.2 Å².